The minimum Gasteiger partial charge on any atom is -0.482 e. The molecule has 1 fully saturated rings. The molecule has 0 aliphatic carbocycles. The summed E-state index contributed by atoms with van der Waals surface area (Å²) >= 11 is 0. The molecule has 1 aliphatic rings. The van der Waals surface area contributed by atoms with E-state index in [1.165, 1.54) is 5.52 Å². The summed E-state index contributed by atoms with van der Waals surface area (Å²) in [4.78, 5) is 22.7. The second kappa shape index (κ2) is 7.56. The Labute approximate surface area is 152 Å². The Kier molecular flexibility index (Phi) is 4.82. The molecule has 0 atom stereocenters. The second-order valence-electron chi connectivity index (χ2n) is 6.69. The first-order valence-corrected chi connectivity index (χ1v) is 9.00. The molecule has 0 spiro atoms. The first-order valence-electron chi connectivity index (χ1n) is 9.00. The lowest BCUT2D eigenvalue weighted by atomic mass is 9.96. The molecule has 0 saturated carbocycles. The molecular formula is C20H22N4O2. The number of hydrogen-bond donors (Lipinski definition) is 0. The highest BCUT2D eigenvalue weighted by atomic mass is 16.5. The zero-order chi connectivity index (χ0) is 17.8. The lowest BCUT2D eigenvalue weighted by molar-refractivity contribution is -0.134. The predicted molar refractivity (Wildman–Crippen MR) is 98.8 cm³/mol. The first-order chi connectivity index (χ1) is 12.8. The average molecular weight is 350 g/mol. The average Bonchev–Trinajstić information content (AvgIpc) is 3.10. The van der Waals surface area contributed by atoms with Crippen molar-refractivity contribution in [2.45, 2.75) is 19.4 Å². The van der Waals surface area contributed by atoms with Gasteiger partial charge in [-0.05, 0) is 43.0 Å². The maximum absolute atomic E-state index is 12.3. The number of hydrogen-bond acceptors (Lipinski definition) is 4. The molecule has 6 nitrogen and oxygen atoms in total. The van der Waals surface area contributed by atoms with Crippen LogP contribution in [-0.4, -0.2) is 45.0 Å². The van der Waals surface area contributed by atoms with Gasteiger partial charge in [0.25, 0.3) is 5.91 Å². The van der Waals surface area contributed by atoms with Crippen LogP contribution in [0.4, 0.5) is 0 Å². The maximum Gasteiger partial charge on any atom is 0.260 e. The summed E-state index contributed by atoms with van der Waals surface area (Å²) in [6.07, 6.45) is 7.23. The summed E-state index contributed by atoms with van der Waals surface area (Å²) in [5.74, 6) is 1.24. The first kappa shape index (κ1) is 16.6. The predicted octanol–water partition coefficient (Wildman–Crippen LogP) is 2.75. The number of carbonyl (C=O) groups excluding carboxylic acids is 1. The monoisotopic (exact) mass is 350 g/mol. The van der Waals surface area contributed by atoms with E-state index >= 15 is 0 Å². The van der Waals surface area contributed by atoms with Gasteiger partial charge in [0, 0.05) is 25.8 Å². The molecule has 0 bridgehead atoms. The number of imidazole rings is 1. The van der Waals surface area contributed by atoms with Gasteiger partial charge in [-0.3, -0.25) is 9.78 Å². The van der Waals surface area contributed by atoms with E-state index < -0.39 is 0 Å². The number of piperidine rings is 1. The van der Waals surface area contributed by atoms with Crippen molar-refractivity contribution in [1.82, 2.24) is 19.4 Å². The van der Waals surface area contributed by atoms with Crippen LogP contribution < -0.4 is 4.74 Å². The summed E-state index contributed by atoms with van der Waals surface area (Å²) in [5, 5.41) is 0. The van der Waals surface area contributed by atoms with Crippen LogP contribution >= 0.6 is 0 Å². The Bertz CT molecular complexity index is 870. The van der Waals surface area contributed by atoms with E-state index in [0.717, 1.165) is 38.0 Å². The van der Waals surface area contributed by atoms with Crippen molar-refractivity contribution < 1.29 is 9.53 Å². The fourth-order valence-corrected chi connectivity index (χ4v) is 3.47. The summed E-state index contributed by atoms with van der Waals surface area (Å²) in [7, 11) is 0. The molecule has 2 aromatic heterocycles. The molecule has 4 rings (SSSR count). The van der Waals surface area contributed by atoms with Crippen LogP contribution in [-0.2, 0) is 11.3 Å². The number of likely N-dealkylation sites (tertiary alicyclic amines) is 1. The van der Waals surface area contributed by atoms with E-state index in [-0.39, 0.29) is 12.5 Å². The fourth-order valence-electron chi connectivity index (χ4n) is 3.47. The van der Waals surface area contributed by atoms with Crippen molar-refractivity contribution in [3.05, 3.63) is 55.1 Å². The molecule has 6 heteroatoms. The van der Waals surface area contributed by atoms with Crippen LogP contribution in [0, 0.1) is 5.92 Å². The molecule has 0 unspecified atom stereocenters. The quantitative estimate of drug-likeness (QED) is 0.710. The smallest absolute Gasteiger partial charge is 0.260 e. The third-order valence-corrected chi connectivity index (χ3v) is 4.95. The Morgan fingerprint density at radius 1 is 1.15 bits per heavy atom. The highest BCUT2D eigenvalue weighted by Gasteiger charge is 2.23. The van der Waals surface area contributed by atoms with E-state index in [1.807, 2.05) is 35.5 Å². The van der Waals surface area contributed by atoms with Gasteiger partial charge in [-0.1, -0.05) is 12.1 Å². The van der Waals surface area contributed by atoms with Crippen LogP contribution in [0.3, 0.4) is 0 Å². The summed E-state index contributed by atoms with van der Waals surface area (Å²) in [6, 6.07) is 11.8. The third kappa shape index (κ3) is 3.69. The SMILES string of the molecule is O=C(COc1cccnc1)N1CCC(Cn2cnc3ccccc32)CC1. The van der Waals surface area contributed by atoms with Crippen LogP contribution in [0.5, 0.6) is 5.75 Å². The Morgan fingerprint density at radius 2 is 2.00 bits per heavy atom. The van der Waals surface area contributed by atoms with Gasteiger partial charge in [0.1, 0.15) is 5.75 Å². The van der Waals surface area contributed by atoms with Crippen LogP contribution in [0.15, 0.2) is 55.1 Å². The van der Waals surface area contributed by atoms with Gasteiger partial charge in [-0.25, -0.2) is 4.98 Å². The molecule has 0 radical (unpaired) electrons. The van der Waals surface area contributed by atoms with Crippen LogP contribution in [0.25, 0.3) is 11.0 Å². The molecule has 26 heavy (non-hydrogen) atoms. The number of para-hydroxylation sites is 2. The number of carbonyl (C=O) groups is 1. The second-order valence-corrected chi connectivity index (χ2v) is 6.69. The molecule has 0 N–H and O–H groups in total. The maximum atomic E-state index is 12.3. The third-order valence-electron chi connectivity index (χ3n) is 4.95. The van der Waals surface area contributed by atoms with E-state index in [1.54, 1.807) is 18.5 Å². The van der Waals surface area contributed by atoms with Crippen LogP contribution in [0.2, 0.25) is 0 Å². The van der Waals surface area contributed by atoms with E-state index in [9.17, 15) is 4.79 Å². The molecule has 134 valence electrons. The number of ether oxygens (including phenoxy) is 1. The molecule has 1 amide bonds. The summed E-state index contributed by atoms with van der Waals surface area (Å²) in [5.41, 5.74) is 2.21. The van der Waals surface area contributed by atoms with E-state index in [4.69, 9.17) is 4.74 Å². The Hall–Kier alpha value is -2.89. The lowest BCUT2D eigenvalue weighted by Gasteiger charge is -2.32. The Balaban J connectivity index is 1.28. The molecule has 3 aromatic rings. The number of nitrogens with zero attached hydrogens (tertiary/aromatic N) is 4. The molecular weight excluding hydrogens is 328 g/mol. The summed E-state index contributed by atoms with van der Waals surface area (Å²) in [6.45, 7) is 2.59. The molecule has 1 aromatic carbocycles. The number of aromatic nitrogens is 3. The van der Waals surface area contributed by atoms with E-state index in [2.05, 4.69) is 20.6 Å². The summed E-state index contributed by atoms with van der Waals surface area (Å²) < 4.78 is 7.74. The molecule has 1 aliphatic heterocycles. The van der Waals surface area contributed by atoms with E-state index in [0.29, 0.717) is 11.7 Å². The highest BCUT2D eigenvalue weighted by Crippen LogP contribution is 2.22. The van der Waals surface area contributed by atoms with Gasteiger partial charge in [-0.15, -0.1) is 0 Å². The minimum atomic E-state index is 0.0420. The van der Waals surface area contributed by atoms with Gasteiger partial charge in [-0.2, -0.15) is 0 Å². The van der Waals surface area contributed by atoms with Gasteiger partial charge in [0.05, 0.1) is 23.6 Å². The van der Waals surface area contributed by atoms with Crippen molar-refractivity contribution in [1.29, 1.82) is 0 Å². The van der Waals surface area contributed by atoms with Gasteiger partial charge in [0.2, 0.25) is 0 Å². The largest absolute Gasteiger partial charge is 0.482 e. The number of pyridine rings is 1. The van der Waals surface area contributed by atoms with Gasteiger partial charge >= 0.3 is 0 Å². The standard InChI is InChI=1S/C20H22N4O2/c25-20(14-26-17-4-3-9-21-12-17)23-10-7-16(8-11-23)13-24-15-22-18-5-1-2-6-19(18)24/h1-6,9,12,15-16H,7-8,10-11,13-14H2. The fraction of sp³-hybridized carbons (Fsp3) is 0.350. The van der Waals surface area contributed by atoms with Gasteiger partial charge < -0.3 is 14.2 Å². The number of fused-ring (bicyclic) bond motifs is 1. The molecule has 1 saturated heterocycles. The Morgan fingerprint density at radius 3 is 2.81 bits per heavy atom. The minimum absolute atomic E-state index is 0.0420. The zero-order valence-corrected chi connectivity index (χ0v) is 14.6. The lowest BCUT2D eigenvalue weighted by Crippen LogP contribution is -2.41. The van der Waals surface area contributed by atoms with Crippen molar-refractivity contribution >= 4 is 16.9 Å². The number of rotatable bonds is 5. The normalized spacial score (nSPS) is 15.3. The number of amides is 1. The zero-order valence-electron chi connectivity index (χ0n) is 14.6. The topological polar surface area (TPSA) is 60.2 Å². The number of benzene rings is 1. The molecule has 3 heterocycles. The van der Waals surface area contributed by atoms with Crippen molar-refractivity contribution in [3.8, 4) is 5.75 Å². The van der Waals surface area contributed by atoms with Crippen molar-refractivity contribution in [2.75, 3.05) is 19.7 Å². The highest BCUT2D eigenvalue weighted by molar-refractivity contribution is 5.78. The van der Waals surface area contributed by atoms with Crippen molar-refractivity contribution in [2.24, 2.45) is 5.92 Å². The van der Waals surface area contributed by atoms with Gasteiger partial charge in [0.15, 0.2) is 6.61 Å². The van der Waals surface area contributed by atoms with Crippen molar-refractivity contribution in [3.63, 3.8) is 0 Å². The van der Waals surface area contributed by atoms with Crippen LogP contribution in [0.1, 0.15) is 12.8 Å².